The molecule has 3 N–H and O–H groups in total. The fourth-order valence-electron chi connectivity index (χ4n) is 4.51. The van der Waals surface area contributed by atoms with Crippen molar-refractivity contribution in [1.82, 2.24) is 0 Å². The molecule has 1 unspecified atom stereocenters. The average molecular weight is 441 g/mol. The minimum Gasteiger partial charge on any atom is -1.00 e. The molecule has 3 nitrogen and oxygen atoms in total. The van der Waals surface area contributed by atoms with Gasteiger partial charge in [0, 0.05) is 5.39 Å². The molecule has 1 aliphatic rings. The van der Waals surface area contributed by atoms with Gasteiger partial charge in [-0.05, 0) is 23.9 Å². The van der Waals surface area contributed by atoms with Crippen molar-refractivity contribution in [2.24, 2.45) is 0 Å². The predicted molar refractivity (Wildman–Crippen MR) is 114 cm³/mol. The van der Waals surface area contributed by atoms with E-state index in [2.05, 4.69) is 49.4 Å². The molecule has 0 amide bonds. The Morgan fingerprint density at radius 1 is 0.828 bits per heavy atom. The standard InChI is InChI=1S/C24H36N2O.2ClH/c1-2-3-4-5-6-7-13-22(27)20-25-16-18-26(19-17-25)24-15-10-12-21-11-8-9-14-23(21)24;;/h8-12,14-15,22,27H,2-7,13,16-20H2,1H3;2*1H. The van der Waals surface area contributed by atoms with Gasteiger partial charge >= 0.3 is 0 Å². The highest BCUT2D eigenvalue weighted by molar-refractivity contribution is 5.90. The monoisotopic (exact) mass is 440 g/mol. The minimum absolute atomic E-state index is 0. The van der Waals surface area contributed by atoms with Gasteiger partial charge in [0.25, 0.3) is 0 Å². The van der Waals surface area contributed by atoms with Gasteiger partial charge in [-0.1, -0.05) is 75.8 Å². The molecule has 0 aromatic heterocycles. The van der Waals surface area contributed by atoms with Gasteiger partial charge in [-0.3, -0.25) is 4.90 Å². The Bertz CT molecular complexity index is 684. The Morgan fingerprint density at radius 2 is 1.48 bits per heavy atom. The third-order valence-corrected chi connectivity index (χ3v) is 6.15. The molecule has 164 valence electrons. The second-order valence-electron chi connectivity index (χ2n) is 8.29. The lowest BCUT2D eigenvalue weighted by molar-refractivity contribution is -0.987. The Balaban J connectivity index is 0.00000210. The molecule has 0 radical (unpaired) electrons. The van der Waals surface area contributed by atoms with E-state index in [0.29, 0.717) is 0 Å². The van der Waals surface area contributed by atoms with Gasteiger partial charge in [0.05, 0.1) is 0 Å². The van der Waals surface area contributed by atoms with Gasteiger partial charge in [0.2, 0.25) is 0 Å². The highest BCUT2D eigenvalue weighted by Crippen LogP contribution is 2.19. The molecule has 1 heterocycles. The molecule has 2 aromatic rings. The van der Waals surface area contributed by atoms with Crippen LogP contribution in [0.15, 0.2) is 42.5 Å². The number of aliphatic hydroxyl groups is 1. The summed E-state index contributed by atoms with van der Waals surface area (Å²) in [6.07, 6.45) is 8.68. The first-order chi connectivity index (χ1) is 13.3. The Labute approximate surface area is 189 Å². The van der Waals surface area contributed by atoms with Gasteiger partial charge < -0.3 is 34.8 Å². The van der Waals surface area contributed by atoms with Crippen LogP contribution in [-0.2, 0) is 0 Å². The number of nitrogens with one attached hydrogen (secondary N) is 2. The number of rotatable bonds is 10. The van der Waals surface area contributed by atoms with Crippen LogP contribution in [0.1, 0.15) is 51.9 Å². The molecular formula is C24H38Cl2N2O. The van der Waals surface area contributed by atoms with Crippen molar-refractivity contribution in [3.05, 3.63) is 42.5 Å². The van der Waals surface area contributed by atoms with Crippen molar-refractivity contribution in [2.75, 3.05) is 32.7 Å². The molecule has 0 aliphatic carbocycles. The fourth-order valence-corrected chi connectivity index (χ4v) is 4.51. The van der Waals surface area contributed by atoms with E-state index in [1.165, 1.54) is 55.0 Å². The lowest BCUT2D eigenvalue weighted by atomic mass is 10.1. The van der Waals surface area contributed by atoms with Crippen LogP contribution in [0.2, 0.25) is 0 Å². The van der Waals surface area contributed by atoms with Crippen LogP contribution in [-0.4, -0.2) is 43.9 Å². The molecule has 1 fully saturated rings. The van der Waals surface area contributed by atoms with Crippen molar-refractivity contribution < 1.29 is 39.7 Å². The molecule has 2 aromatic carbocycles. The van der Waals surface area contributed by atoms with Crippen LogP contribution >= 0.6 is 0 Å². The summed E-state index contributed by atoms with van der Waals surface area (Å²) in [5.41, 5.74) is 1.44. The summed E-state index contributed by atoms with van der Waals surface area (Å²) in [7, 11) is 0. The molecule has 1 saturated heterocycles. The quantitative estimate of drug-likeness (QED) is 0.327. The molecule has 0 bridgehead atoms. The molecule has 5 heteroatoms. The summed E-state index contributed by atoms with van der Waals surface area (Å²) in [4.78, 5) is 3.18. The number of unbranched alkanes of at least 4 members (excludes halogenated alkanes) is 5. The van der Waals surface area contributed by atoms with Gasteiger partial charge in [-0.2, -0.15) is 0 Å². The fraction of sp³-hybridized carbons (Fsp3) is 0.583. The smallest absolute Gasteiger partial charge is 0.139 e. The number of benzene rings is 2. The first-order valence-electron chi connectivity index (χ1n) is 11.1. The Morgan fingerprint density at radius 3 is 2.24 bits per heavy atom. The molecular weight excluding hydrogens is 403 g/mol. The molecule has 3 rings (SSSR count). The van der Waals surface area contributed by atoms with Crippen LogP contribution in [0.4, 0.5) is 5.69 Å². The summed E-state index contributed by atoms with van der Waals surface area (Å²) in [5, 5.41) is 13.1. The van der Waals surface area contributed by atoms with E-state index in [-0.39, 0.29) is 30.9 Å². The summed E-state index contributed by atoms with van der Waals surface area (Å²) in [6.45, 7) is 7.82. The summed E-state index contributed by atoms with van der Waals surface area (Å²) < 4.78 is 0. The summed E-state index contributed by atoms with van der Waals surface area (Å²) in [6, 6.07) is 15.4. The zero-order valence-electron chi connectivity index (χ0n) is 17.8. The highest BCUT2D eigenvalue weighted by Gasteiger charge is 2.26. The second-order valence-corrected chi connectivity index (χ2v) is 8.29. The number of hydrogen-bond donors (Lipinski definition) is 3. The van der Waals surface area contributed by atoms with Gasteiger partial charge in [-0.15, -0.1) is 0 Å². The largest absolute Gasteiger partial charge is 1.00 e. The van der Waals surface area contributed by atoms with Crippen molar-refractivity contribution >= 4 is 16.5 Å². The number of fused-ring (bicyclic) bond motifs is 1. The van der Waals surface area contributed by atoms with E-state index in [4.69, 9.17) is 0 Å². The molecule has 1 aliphatic heterocycles. The van der Waals surface area contributed by atoms with Crippen LogP contribution in [0.25, 0.3) is 10.8 Å². The van der Waals surface area contributed by atoms with Crippen molar-refractivity contribution in [3.8, 4) is 0 Å². The van der Waals surface area contributed by atoms with Crippen molar-refractivity contribution in [1.29, 1.82) is 0 Å². The maximum atomic E-state index is 10.4. The van der Waals surface area contributed by atoms with E-state index in [0.717, 1.165) is 39.1 Å². The third kappa shape index (κ3) is 8.07. The molecule has 0 saturated carbocycles. The van der Waals surface area contributed by atoms with E-state index in [1.54, 1.807) is 9.80 Å². The maximum absolute atomic E-state index is 10.4. The normalized spacial score (nSPS) is 19.9. The van der Waals surface area contributed by atoms with Crippen LogP contribution in [0.3, 0.4) is 0 Å². The zero-order chi connectivity index (χ0) is 18.9. The zero-order valence-corrected chi connectivity index (χ0v) is 19.3. The molecule has 29 heavy (non-hydrogen) atoms. The SMILES string of the molecule is CCCCCCCCC(O)C[NH+]1CC[NH+](c2cccc3ccccc23)CC1.[Cl-].[Cl-]. The van der Waals surface area contributed by atoms with Crippen molar-refractivity contribution in [2.45, 2.75) is 58.0 Å². The van der Waals surface area contributed by atoms with Gasteiger partial charge in [0.15, 0.2) is 0 Å². The first kappa shape index (κ1) is 26.2. The van der Waals surface area contributed by atoms with Crippen molar-refractivity contribution in [3.63, 3.8) is 0 Å². The topological polar surface area (TPSA) is 29.1 Å². The predicted octanol–water partition coefficient (Wildman–Crippen LogP) is -3.63. The maximum Gasteiger partial charge on any atom is 0.139 e. The van der Waals surface area contributed by atoms with Crippen LogP contribution in [0, 0.1) is 0 Å². The molecule has 1 atom stereocenters. The Hall–Kier alpha value is -0.840. The average Bonchev–Trinajstić information content (AvgIpc) is 2.71. The summed E-state index contributed by atoms with van der Waals surface area (Å²) in [5.74, 6) is 0. The van der Waals surface area contributed by atoms with Crippen LogP contribution in [0.5, 0.6) is 0 Å². The lowest BCUT2D eigenvalue weighted by Crippen LogP contribution is -3.26. The van der Waals surface area contributed by atoms with E-state index < -0.39 is 0 Å². The van der Waals surface area contributed by atoms with E-state index >= 15 is 0 Å². The minimum atomic E-state index is -0.120. The van der Waals surface area contributed by atoms with E-state index in [1.807, 2.05) is 0 Å². The second kappa shape index (κ2) is 14.2. The number of piperazine rings is 1. The highest BCUT2D eigenvalue weighted by atomic mass is 35.5. The van der Waals surface area contributed by atoms with Gasteiger partial charge in [0.1, 0.15) is 44.5 Å². The van der Waals surface area contributed by atoms with E-state index in [9.17, 15) is 5.11 Å². The van der Waals surface area contributed by atoms with Crippen LogP contribution < -0.4 is 34.6 Å². The summed E-state index contributed by atoms with van der Waals surface area (Å²) >= 11 is 0. The van der Waals surface area contributed by atoms with Gasteiger partial charge in [-0.25, -0.2) is 0 Å². The number of halogens is 2. The third-order valence-electron chi connectivity index (χ3n) is 6.15. The number of aliphatic hydroxyl groups excluding tert-OH is 1. The molecule has 0 spiro atoms. The number of quaternary nitrogens is 2. The first-order valence-corrected chi connectivity index (χ1v) is 11.1. The Kier molecular flexibility index (Phi) is 12.8. The lowest BCUT2D eigenvalue weighted by Gasteiger charge is -2.31. The number of hydrogen-bond acceptors (Lipinski definition) is 1.